The van der Waals surface area contributed by atoms with Crippen molar-refractivity contribution in [3.63, 3.8) is 0 Å². The van der Waals surface area contributed by atoms with Crippen LogP contribution in [0, 0.1) is 23.5 Å². The number of nitrogens with zero attached hydrogens (tertiary/aromatic N) is 1. The number of hydrogen-bond acceptors (Lipinski definition) is 2. The maximum atomic E-state index is 13.9. The first-order valence-electron chi connectivity index (χ1n) is 7.07. The molecule has 1 aliphatic heterocycles. The number of rotatable bonds is 5. The van der Waals surface area contributed by atoms with Gasteiger partial charge in [-0.15, -0.1) is 0 Å². The van der Waals surface area contributed by atoms with Crippen LogP contribution in [0.2, 0.25) is 0 Å². The summed E-state index contributed by atoms with van der Waals surface area (Å²) >= 11 is 3.26. The van der Waals surface area contributed by atoms with Crippen molar-refractivity contribution in [2.75, 3.05) is 31.1 Å². The lowest BCUT2D eigenvalue weighted by molar-refractivity contribution is 0.477. The van der Waals surface area contributed by atoms with Crippen molar-refractivity contribution in [3.8, 4) is 0 Å². The highest BCUT2D eigenvalue weighted by Gasteiger charge is 2.26. The molecule has 0 amide bonds. The zero-order chi connectivity index (χ0) is 14.7. The van der Waals surface area contributed by atoms with E-state index in [-0.39, 0.29) is 0 Å². The normalized spacial score (nSPS) is 19.1. The van der Waals surface area contributed by atoms with Gasteiger partial charge < -0.3 is 10.2 Å². The van der Waals surface area contributed by atoms with E-state index >= 15 is 0 Å². The van der Waals surface area contributed by atoms with E-state index in [0.29, 0.717) is 22.0 Å². The monoisotopic (exact) mass is 346 g/mol. The summed E-state index contributed by atoms with van der Waals surface area (Å²) in [5.41, 5.74) is 0.484. The molecule has 1 N–H and O–H groups in total. The minimum absolute atomic E-state index is 0.484. The predicted octanol–water partition coefficient (Wildman–Crippen LogP) is 3.80. The van der Waals surface area contributed by atoms with Crippen LogP contribution in [0.3, 0.4) is 0 Å². The highest BCUT2D eigenvalue weighted by molar-refractivity contribution is 9.10. The number of hydrogen-bond donors (Lipinski definition) is 1. The van der Waals surface area contributed by atoms with Crippen LogP contribution in [0.15, 0.2) is 16.6 Å². The molecule has 0 saturated carbocycles. The van der Waals surface area contributed by atoms with E-state index in [4.69, 9.17) is 0 Å². The topological polar surface area (TPSA) is 15.3 Å². The fourth-order valence-electron chi connectivity index (χ4n) is 2.62. The molecule has 112 valence electrons. The van der Waals surface area contributed by atoms with Crippen molar-refractivity contribution in [1.82, 2.24) is 5.32 Å². The van der Waals surface area contributed by atoms with Gasteiger partial charge in [0.1, 0.15) is 5.82 Å². The van der Waals surface area contributed by atoms with Crippen LogP contribution in [0.4, 0.5) is 14.5 Å². The van der Waals surface area contributed by atoms with Crippen molar-refractivity contribution in [1.29, 1.82) is 0 Å². The molecule has 2 nitrogen and oxygen atoms in total. The molecule has 1 unspecified atom stereocenters. The van der Waals surface area contributed by atoms with Gasteiger partial charge in [0.05, 0.1) is 5.69 Å². The molecule has 5 heteroatoms. The van der Waals surface area contributed by atoms with Crippen molar-refractivity contribution < 1.29 is 8.78 Å². The van der Waals surface area contributed by atoms with Gasteiger partial charge in [-0.2, -0.15) is 0 Å². The van der Waals surface area contributed by atoms with Crippen LogP contribution < -0.4 is 10.2 Å². The predicted molar refractivity (Wildman–Crippen MR) is 82.1 cm³/mol. The number of benzene rings is 1. The summed E-state index contributed by atoms with van der Waals surface area (Å²) in [5, 5.41) is 3.44. The average Bonchev–Trinajstić information content (AvgIpc) is 2.75. The van der Waals surface area contributed by atoms with Gasteiger partial charge in [0.25, 0.3) is 0 Å². The first-order chi connectivity index (χ1) is 9.47. The smallest absolute Gasteiger partial charge is 0.150 e. The first kappa shape index (κ1) is 15.7. The van der Waals surface area contributed by atoms with Gasteiger partial charge in [0.2, 0.25) is 0 Å². The summed E-state index contributed by atoms with van der Waals surface area (Å²) < 4.78 is 27.5. The lowest BCUT2D eigenvalue weighted by atomic mass is 10.1. The van der Waals surface area contributed by atoms with Gasteiger partial charge in [-0.05, 0) is 53.3 Å². The fourth-order valence-corrected chi connectivity index (χ4v) is 3.27. The Kier molecular flexibility index (Phi) is 5.38. The molecule has 0 radical (unpaired) electrons. The molecule has 0 spiro atoms. The number of halogens is 3. The summed E-state index contributed by atoms with van der Waals surface area (Å²) in [6, 6.07) is 2.27. The summed E-state index contributed by atoms with van der Waals surface area (Å²) in [5.74, 6) is 0.112. The zero-order valence-electron chi connectivity index (χ0n) is 11.9. The molecular formula is C15H21BrF2N2. The van der Waals surface area contributed by atoms with Crippen molar-refractivity contribution in [3.05, 3.63) is 28.2 Å². The second kappa shape index (κ2) is 6.85. The van der Waals surface area contributed by atoms with Crippen molar-refractivity contribution in [2.24, 2.45) is 11.8 Å². The highest BCUT2D eigenvalue weighted by atomic mass is 79.9. The Bertz CT molecular complexity index is 442. The molecule has 1 saturated heterocycles. The van der Waals surface area contributed by atoms with Gasteiger partial charge in [0.15, 0.2) is 5.82 Å². The SMILES string of the molecule is CC(C)CNCC1CCN(c2c(F)cc(F)cc2Br)C1. The molecular weight excluding hydrogens is 326 g/mol. The number of nitrogens with one attached hydrogen (secondary N) is 1. The van der Waals surface area contributed by atoms with E-state index in [1.165, 1.54) is 6.07 Å². The van der Waals surface area contributed by atoms with Gasteiger partial charge in [-0.3, -0.25) is 0 Å². The third-order valence-corrected chi connectivity index (χ3v) is 4.17. The van der Waals surface area contributed by atoms with E-state index in [1.807, 2.05) is 4.90 Å². The van der Waals surface area contributed by atoms with E-state index in [0.717, 1.165) is 38.7 Å². The quantitative estimate of drug-likeness (QED) is 0.872. The van der Waals surface area contributed by atoms with Gasteiger partial charge in [-0.25, -0.2) is 8.78 Å². The Morgan fingerprint density at radius 3 is 2.80 bits per heavy atom. The van der Waals surface area contributed by atoms with Gasteiger partial charge in [0, 0.05) is 23.6 Å². The number of anilines is 1. The van der Waals surface area contributed by atoms with Gasteiger partial charge >= 0.3 is 0 Å². The van der Waals surface area contributed by atoms with Crippen LogP contribution in [0.1, 0.15) is 20.3 Å². The van der Waals surface area contributed by atoms with Crippen LogP contribution in [-0.2, 0) is 0 Å². The second-order valence-corrected chi connectivity index (χ2v) is 6.73. The largest absolute Gasteiger partial charge is 0.368 e. The van der Waals surface area contributed by atoms with Crippen LogP contribution in [-0.4, -0.2) is 26.2 Å². The average molecular weight is 347 g/mol. The van der Waals surface area contributed by atoms with Gasteiger partial charge in [-0.1, -0.05) is 13.8 Å². The first-order valence-corrected chi connectivity index (χ1v) is 7.87. The molecule has 0 aliphatic carbocycles. The van der Waals surface area contributed by atoms with Crippen LogP contribution in [0.5, 0.6) is 0 Å². The molecule has 1 aliphatic rings. The Balaban J connectivity index is 1.96. The third kappa shape index (κ3) is 3.92. The van der Waals surface area contributed by atoms with Crippen LogP contribution >= 0.6 is 15.9 Å². The summed E-state index contributed by atoms with van der Waals surface area (Å²) in [6.45, 7) is 7.94. The Labute approximate surface area is 127 Å². The van der Waals surface area contributed by atoms with E-state index in [1.54, 1.807) is 0 Å². The minimum atomic E-state index is -0.549. The lowest BCUT2D eigenvalue weighted by Crippen LogP contribution is -2.29. The van der Waals surface area contributed by atoms with E-state index in [9.17, 15) is 8.78 Å². The summed E-state index contributed by atoms with van der Waals surface area (Å²) in [7, 11) is 0. The maximum absolute atomic E-state index is 13.9. The Hall–Kier alpha value is -0.680. The Morgan fingerprint density at radius 2 is 2.15 bits per heavy atom. The Morgan fingerprint density at radius 1 is 1.40 bits per heavy atom. The summed E-state index contributed by atoms with van der Waals surface area (Å²) in [6.07, 6.45) is 1.04. The van der Waals surface area contributed by atoms with Crippen LogP contribution in [0.25, 0.3) is 0 Å². The molecule has 1 aromatic carbocycles. The minimum Gasteiger partial charge on any atom is -0.368 e. The molecule has 0 bridgehead atoms. The molecule has 1 fully saturated rings. The van der Waals surface area contributed by atoms with Crippen molar-refractivity contribution >= 4 is 21.6 Å². The van der Waals surface area contributed by atoms with E-state index < -0.39 is 11.6 Å². The molecule has 1 atom stereocenters. The second-order valence-electron chi connectivity index (χ2n) is 5.87. The summed E-state index contributed by atoms with van der Waals surface area (Å²) in [4.78, 5) is 2.00. The molecule has 0 aromatic heterocycles. The molecule has 1 aromatic rings. The third-order valence-electron chi connectivity index (χ3n) is 3.57. The lowest BCUT2D eigenvalue weighted by Gasteiger charge is -2.21. The van der Waals surface area contributed by atoms with Crippen molar-refractivity contribution in [2.45, 2.75) is 20.3 Å². The zero-order valence-corrected chi connectivity index (χ0v) is 13.5. The maximum Gasteiger partial charge on any atom is 0.150 e. The van der Waals surface area contributed by atoms with E-state index in [2.05, 4.69) is 35.1 Å². The standard InChI is InChI=1S/C15H21BrF2N2/c1-10(2)7-19-8-11-3-4-20(9-11)15-13(16)5-12(17)6-14(15)18/h5-6,10-11,19H,3-4,7-9H2,1-2H3. The molecule has 1 heterocycles. The molecule has 2 rings (SSSR count). The highest BCUT2D eigenvalue weighted by Crippen LogP contribution is 2.33. The molecule has 20 heavy (non-hydrogen) atoms. The fraction of sp³-hybridized carbons (Fsp3) is 0.600.